The predicted molar refractivity (Wildman–Crippen MR) is 121 cm³/mol. The van der Waals surface area contributed by atoms with E-state index in [0.717, 1.165) is 16.5 Å². The fourth-order valence-electron chi connectivity index (χ4n) is 3.36. The molecular weight excluding hydrogens is 388 g/mol. The zero-order chi connectivity index (χ0) is 21.0. The van der Waals surface area contributed by atoms with Gasteiger partial charge in [0.25, 0.3) is 5.91 Å². The maximum absolute atomic E-state index is 12.8. The molecule has 0 aliphatic carbocycles. The van der Waals surface area contributed by atoms with E-state index in [9.17, 15) is 4.79 Å². The molecule has 0 saturated heterocycles. The molecule has 150 valence electrons. The summed E-state index contributed by atoms with van der Waals surface area (Å²) in [5.41, 5.74) is 2.21. The van der Waals surface area contributed by atoms with Crippen molar-refractivity contribution >= 4 is 33.9 Å². The zero-order valence-corrected chi connectivity index (χ0v) is 16.4. The Labute approximate surface area is 178 Å². The van der Waals surface area contributed by atoms with Crippen LogP contribution in [0.15, 0.2) is 97.8 Å². The number of amides is 1. The second-order valence-electron chi connectivity index (χ2n) is 6.91. The summed E-state index contributed by atoms with van der Waals surface area (Å²) in [6.07, 6.45) is 6.69. The molecule has 7 nitrogen and oxygen atoms in total. The quantitative estimate of drug-likeness (QED) is 0.437. The maximum Gasteiger partial charge on any atom is 0.256 e. The van der Waals surface area contributed by atoms with Crippen molar-refractivity contribution in [2.24, 2.45) is 0 Å². The summed E-state index contributed by atoms with van der Waals surface area (Å²) < 4.78 is 1.80. The number of carbonyl (C=O) groups is 1. The van der Waals surface area contributed by atoms with Crippen LogP contribution >= 0.6 is 0 Å². The molecule has 0 atom stereocenters. The number of aromatic nitrogens is 4. The van der Waals surface area contributed by atoms with Gasteiger partial charge in [0, 0.05) is 35.4 Å². The molecule has 2 aromatic heterocycles. The lowest BCUT2D eigenvalue weighted by Gasteiger charge is -2.10. The Bertz CT molecular complexity index is 1340. The molecule has 0 fully saturated rings. The van der Waals surface area contributed by atoms with Gasteiger partial charge in [-0.3, -0.25) is 9.36 Å². The molecule has 0 saturated carbocycles. The summed E-state index contributed by atoms with van der Waals surface area (Å²) in [4.78, 5) is 25.3. The molecule has 0 unspecified atom stereocenters. The van der Waals surface area contributed by atoms with E-state index in [4.69, 9.17) is 0 Å². The first-order valence-electron chi connectivity index (χ1n) is 9.73. The van der Waals surface area contributed by atoms with Gasteiger partial charge in [-0.15, -0.1) is 0 Å². The van der Waals surface area contributed by atoms with Crippen LogP contribution in [0.2, 0.25) is 0 Å². The van der Waals surface area contributed by atoms with Crippen molar-refractivity contribution in [2.45, 2.75) is 0 Å². The fourth-order valence-corrected chi connectivity index (χ4v) is 3.36. The third-order valence-corrected chi connectivity index (χ3v) is 4.87. The largest absolute Gasteiger partial charge is 0.340 e. The average Bonchev–Trinajstić information content (AvgIpc) is 3.35. The minimum absolute atomic E-state index is 0.140. The number of nitrogens with one attached hydrogen (secondary N) is 2. The Morgan fingerprint density at radius 2 is 1.68 bits per heavy atom. The van der Waals surface area contributed by atoms with Crippen LogP contribution in [0.3, 0.4) is 0 Å². The molecule has 0 bridgehead atoms. The highest BCUT2D eigenvalue weighted by molar-refractivity contribution is 6.12. The van der Waals surface area contributed by atoms with Crippen LogP contribution in [0.5, 0.6) is 0 Å². The number of benzene rings is 3. The minimum atomic E-state index is -0.140. The van der Waals surface area contributed by atoms with Gasteiger partial charge >= 0.3 is 0 Å². The second-order valence-corrected chi connectivity index (χ2v) is 6.91. The average molecular weight is 406 g/mol. The highest BCUT2D eigenvalue weighted by Crippen LogP contribution is 2.22. The van der Waals surface area contributed by atoms with E-state index >= 15 is 0 Å². The van der Waals surface area contributed by atoms with Crippen LogP contribution in [0.1, 0.15) is 10.4 Å². The van der Waals surface area contributed by atoms with Crippen molar-refractivity contribution in [3.63, 3.8) is 0 Å². The number of hydrogen-bond donors (Lipinski definition) is 2. The van der Waals surface area contributed by atoms with E-state index in [-0.39, 0.29) is 5.91 Å². The third kappa shape index (κ3) is 3.97. The van der Waals surface area contributed by atoms with Crippen molar-refractivity contribution in [1.82, 2.24) is 19.5 Å². The van der Waals surface area contributed by atoms with E-state index < -0.39 is 0 Å². The van der Waals surface area contributed by atoms with Crippen LogP contribution in [-0.2, 0) is 0 Å². The molecule has 31 heavy (non-hydrogen) atoms. The van der Waals surface area contributed by atoms with E-state index in [1.54, 1.807) is 17.1 Å². The predicted octanol–water partition coefficient (Wildman–Crippen LogP) is 4.81. The van der Waals surface area contributed by atoms with Gasteiger partial charge in [0.05, 0.1) is 0 Å². The van der Waals surface area contributed by atoms with Crippen LogP contribution < -0.4 is 10.6 Å². The van der Waals surface area contributed by atoms with Gasteiger partial charge in [-0.05, 0) is 41.1 Å². The number of nitrogens with zero attached hydrogens (tertiary/aromatic N) is 4. The Kier molecular flexibility index (Phi) is 4.82. The highest BCUT2D eigenvalue weighted by Gasteiger charge is 2.10. The Hall–Kier alpha value is -4.52. The van der Waals surface area contributed by atoms with Crippen LogP contribution in [-0.4, -0.2) is 25.4 Å². The van der Waals surface area contributed by atoms with Crippen molar-refractivity contribution in [3.05, 3.63) is 103 Å². The summed E-state index contributed by atoms with van der Waals surface area (Å²) in [7, 11) is 0. The van der Waals surface area contributed by atoms with E-state index in [2.05, 4.69) is 25.6 Å². The topological polar surface area (TPSA) is 84.7 Å². The molecule has 0 aliphatic heterocycles. The van der Waals surface area contributed by atoms with Crippen LogP contribution in [0, 0.1) is 0 Å². The zero-order valence-electron chi connectivity index (χ0n) is 16.4. The third-order valence-electron chi connectivity index (χ3n) is 4.87. The second kappa shape index (κ2) is 8.08. The van der Waals surface area contributed by atoms with Crippen molar-refractivity contribution < 1.29 is 4.79 Å². The molecule has 2 N–H and O–H groups in total. The van der Waals surface area contributed by atoms with Gasteiger partial charge in [0.2, 0.25) is 0 Å². The molecule has 7 heteroatoms. The van der Waals surface area contributed by atoms with E-state index in [1.807, 2.05) is 79.0 Å². The lowest BCUT2D eigenvalue weighted by atomic mass is 10.0. The Morgan fingerprint density at radius 1 is 0.871 bits per heavy atom. The number of hydrogen-bond acceptors (Lipinski definition) is 5. The molecule has 3 aromatic carbocycles. The van der Waals surface area contributed by atoms with Gasteiger partial charge in [0.1, 0.15) is 24.3 Å². The molecule has 2 heterocycles. The molecular formula is C24H18N6O. The number of anilines is 3. The van der Waals surface area contributed by atoms with Crippen molar-refractivity contribution in [1.29, 1.82) is 0 Å². The first kappa shape index (κ1) is 18.5. The summed E-state index contributed by atoms with van der Waals surface area (Å²) in [5, 5.41) is 8.18. The van der Waals surface area contributed by atoms with Crippen LogP contribution in [0.4, 0.5) is 17.2 Å². The van der Waals surface area contributed by atoms with E-state index in [1.165, 1.54) is 6.33 Å². The first-order valence-corrected chi connectivity index (χ1v) is 9.73. The van der Waals surface area contributed by atoms with Gasteiger partial charge in [-0.2, -0.15) is 0 Å². The van der Waals surface area contributed by atoms with Crippen molar-refractivity contribution in [3.8, 4) is 5.82 Å². The van der Waals surface area contributed by atoms with Gasteiger partial charge in [-0.25, -0.2) is 15.0 Å². The lowest BCUT2D eigenvalue weighted by molar-refractivity contribution is 0.102. The highest BCUT2D eigenvalue weighted by atomic mass is 16.1. The number of imidazole rings is 1. The number of rotatable bonds is 5. The smallest absolute Gasteiger partial charge is 0.256 e. The maximum atomic E-state index is 12.8. The Balaban J connectivity index is 1.30. The molecule has 1 amide bonds. The standard InChI is InChI=1S/C24H18N6O/c31-24(21-7-3-5-17-4-1-2-6-20(17)21)29-19-10-8-18(9-11-19)28-22-14-23(27-15-26-22)30-13-12-25-16-30/h1-16H,(H,29,31)(H,26,27,28). The van der Waals surface area contributed by atoms with E-state index in [0.29, 0.717) is 22.9 Å². The monoisotopic (exact) mass is 406 g/mol. The molecule has 0 aliphatic rings. The lowest BCUT2D eigenvalue weighted by Crippen LogP contribution is -2.12. The Morgan fingerprint density at radius 3 is 2.52 bits per heavy atom. The van der Waals surface area contributed by atoms with Crippen molar-refractivity contribution in [2.75, 3.05) is 10.6 Å². The fraction of sp³-hybridized carbons (Fsp3) is 0. The van der Waals surface area contributed by atoms with Gasteiger partial charge < -0.3 is 10.6 Å². The molecule has 5 aromatic rings. The summed E-state index contributed by atoms with van der Waals surface area (Å²) >= 11 is 0. The van der Waals surface area contributed by atoms with Crippen LogP contribution in [0.25, 0.3) is 16.6 Å². The number of fused-ring (bicyclic) bond motifs is 1. The first-order chi connectivity index (χ1) is 15.3. The SMILES string of the molecule is O=C(Nc1ccc(Nc2cc(-n3ccnc3)ncn2)cc1)c1cccc2ccccc12. The van der Waals surface area contributed by atoms with Gasteiger partial charge in [-0.1, -0.05) is 36.4 Å². The molecule has 5 rings (SSSR count). The number of carbonyl (C=O) groups excluding carboxylic acids is 1. The normalized spacial score (nSPS) is 10.7. The summed E-state index contributed by atoms with van der Waals surface area (Å²) in [5.74, 6) is 1.23. The summed E-state index contributed by atoms with van der Waals surface area (Å²) in [6.45, 7) is 0. The van der Waals surface area contributed by atoms with Gasteiger partial charge in [0.15, 0.2) is 0 Å². The minimum Gasteiger partial charge on any atom is -0.340 e. The molecule has 0 spiro atoms. The molecule has 0 radical (unpaired) electrons. The summed E-state index contributed by atoms with van der Waals surface area (Å²) in [6, 6.07) is 22.9.